The molecule has 0 N–H and O–H groups in total. The highest BCUT2D eigenvalue weighted by Gasteiger charge is 2.35. The first-order valence-corrected chi connectivity index (χ1v) is 11.8. The first kappa shape index (κ1) is 23.8. The zero-order valence-electron chi connectivity index (χ0n) is 19.5. The van der Waals surface area contributed by atoms with Crippen LogP contribution in [0.3, 0.4) is 0 Å². The minimum atomic E-state index is -1.17. The predicted molar refractivity (Wildman–Crippen MR) is 123 cm³/mol. The van der Waals surface area contributed by atoms with Crippen molar-refractivity contribution in [3.63, 3.8) is 0 Å². The summed E-state index contributed by atoms with van der Waals surface area (Å²) in [4.78, 5) is 19.1. The van der Waals surface area contributed by atoms with Crippen LogP contribution in [-0.4, -0.2) is 22.5 Å². The maximum absolute atomic E-state index is 10.7. The molecule has 5 heteroatoms. The Morgan fingerprint density at radius 3 is 2.56 bits per heavy atom. The summed E-state index contributed by atoms with van der Waals surface area (Å²) in [6.07, 6.45) is 11.7. The van der Waals surface area contributed by atoms with Crippen molar-refractivity contribution >= 4 is 5.97 Å². The molecule has 1 aliphatic rings. The number of aliphatic carboxylic acids is 1. The van der Waals surface area contributed by atoms with Crippen molar-refractivity contribution in [2.24, 2.45) is 0 Å². The van der Waals surface area contributed by atoms with Crippen molar-refractivity contribution < 1.29 is 14.6 Å². The standard InChI is InChI=1S/C27H34N2O3/c1-4-7-8-9-10-20-16-25-24(27(5-2,6-3)13-14-32-25)15-21(20)11-12-22-18-29-23(19-28-22)17-26(30)31/h15-16,18-19H,4-10,13-14,17H2,1-3H3,(H,30,31)/p-1. The molecule has 0 aliphatic carbocycles. The molecule has 3 rings (SSSR count). The van der Waals surface area contributed by atoms with Crippen LogP contribution in [0.15, 0.2) is 24.5 Å². The topological polar surface area (TPSA) is 75.1 Å². The summed E-state index contributed by atoms with van der Waals surface area (Å²) in [5.41, 5.74) is 4.54. The fourth-order valence-corrected chi connectivity index (χ4v) is 4.49. The maximum atomic E-state index is 10.7. The average Bonchev–Trinajstić information content (AvgIpc) is 2.80. The molecule has 0 bridgehead atoms. The van der Waals surface area contributed by atoms with Crippen molar-refractivity contribution in [2.45, 2.75) is 84.0 Å². The van der Waals surface area contributed by atoms with Crippen molar-refractivity contribution in [3.8, 4) is 17.6 Å². The van der Waals surface area contributed by atoms with Gasteiger partial charge in [-0.05, 0) is 55.7 Å². The molecule has 0 fully saturated rings. The van der Waals surface area contributed by atoms with Crippen molar-refractivity contribution in [1.29, 1.82) is 0 Å². The van der Waals surface area contributed by atoms with Gasteiger partial charge in [0.15, 0.2) is 0 Å². The number of hydrogen-bond donors (Lipinski definition) is 0. The lowest BCUT2D eigenvalue weighted by molar-refractivity contribution is -0.304. The van der Waals surface area contributed by atoms with E-state index in [0.29, 0.717) is 11.4 Å². The summed E-state index contributed by atoms with van der Waals surface area (Å²) in [7, 11) is 0. The number of hydrogen-bond acceptors (Lipinski definition) is 5. The summed E-state index contributed by atoms with van der Waals surface area (Å²) >= 11 is 0. The molecule has 0 radical (unpaired) electrons. The number of aryl methyl sites for hydroxylation is 1. The van der Waals surface area contributed by atoms with Crippen LogP contribution in [0.2, 0.25) is 0 Å². The second-order valence-corrected chi connectivity index (χ2v) is 8.59. The molecule has 5 nitrogen and oxygen atoms in total. The predicted octanol–water partition coefficient (Wildman–Crippen LogP) is 4.13. The number of ether oxygens (including phenoxy) is 1. The third-order valence-corrected chi connectivity index (χ3v) is 6.62. The first-order chi connectivity index (χ1) is 15.5. The van der Waals surface area contributed by atoms with E-state index in [4.69, 9.17) is 4.74 Å². The molecule has 32 heavy (non-hydrogen) atoms. The van der Waals surface area contributed by atoms with Crippen LogP contribution in [-0.2, 0) is 23.1 Å². The number of carboxylic acid groups (broad SMARTS) is 1. The number of carboxylic acids is 1. The Bertz CT molecular complexity index is 982. The first-order valence-electron chi connectivity index (χ1n) is 11.8. The van der Waals surface area contributed by atoms with Gasteiger partial charge in [-0.15, -0.1) is 0 Å². The van der Waals surface area contributed by atoms with Crippen LogP contribution in [0.1, 0.15) is 93.8 Å². The molecular weight excluding hydrogens is 400 g/mol. The summed E-state index contributed by atoms with van der Waals surface area (Å²) in [6, 6.07) is 4.45. The lowest BCUT2D eigenvalue weighted by atomic mass is 9.71. The minimum Gasteiger partial charge on any atom is -0.550 e. The fraction of sp³-hybridized carbons (Fsp3) is 0.519. The lowest BCUT2D eigenvalue weighted by Gasteiger charge is -2.38. The van der Waals surface area contributed by atoms with Crippen LogP contribution in [0.25, 0.3) is 0 Å². The van der Waals surface area contributed by atoms with E-state index in [1.165, 1.54) is 42.8 Å². The molecule has 170 valence electrons. The van der Waals surface area contributed by atoms with Crippen LogP contribution >= 0.6 is 0 Å². The van der Waals surface area contributed by atoms with Crippen LogP contribution < -0.4 is 9.84 Å². The molecule has 0 saturated heterocycles. The van der Waals surface area contributed by atoms with Gasteiger partial charge in [-0.25, -0.2) is 4.98 Å². The van der Waals surface area contributed by atoms with Gasteiger partial charge in [-0.1, -0.05) is 46.0 Å². The van der Waals surface area contributed by atoms with Gasteiger partial charge in [0.1, 0.15) is 11.4 Å². The normalized spacial score (nSPS) is 14.1. The summed E-state index contributed by atoms with van der Waals surface area (Å²) in [6.45, 7) is 7.50. The van der Waals surface area contributed by atoms with E-state index in [1.54, 1.807) is 0 Å². The van der Waals surface area contributed by atoms with Gasteiger partial charge in [-0.3, -0.25) is 4.98 Å². The largest absolute Gasteiger partial charge is 0.550 e. The number of carbonyl (C=O) groups is 1. The number of rotatable bonds is 9. The molecule has 1 aliphatic heterocycles. The lowest BCUT2D eigenvalue weighted by Crippen LogP contribution is -2.32. The number of nitrogens with zero attached hydrogens (tertiary/aromatic N) is 2. The Morgan fingerprint density at radius 2 is 1.91 bits per heavy atom. The third kappa shape index (κ3) is 5.68. The zero-order valence-corrected chi connectivity index (χ0v) is 19.5. The Kier molecular flexibility index (Phi) is 8.27. The summed E-state index contributed by atoms with van der Waals surface area (Å²) < 4.78 is 6.09. The Labute approximate surface area is 191 Å². The minimum absolute atomic E-state index is 0.136. The highest BCUT2D eigenvalue weighted by molar-refractivity contribution is 5.67. The summed E-state index contributed by atoms with van der Waals surface area (Å²) in [5.74, 6) is 6.30. The Morgan fingerprint density at radius 1 is 1.09 bits per heavy atom. The molecule has 2 aromatic rings. The van der Waals surface area contributed by atoms with E-state index in [9.17, 15) is 9.90 Å². The van der Waals surface area contributed by atoms with Crippen LogP contribution in [0.4, 0.5) is 0 Å². The van der Waals surface area contributed by atoms with Crippen molar-refractivity contribution in [3.05, 3.63) is 52.6 Å². The molecule has 0 saturated carbocycles. The molecule has 1 aromatic carbocycles. The van der Waals surface area contributed by atoms with E-state index in [-0.39, 0.29) is 11.8 Å². The molecule has 1 aromatic heterocycles. The highest BCUT2D eigenvalue weighted by atomic mass is 16.5. The van der Waals surface area contributed by atoms with Gasteiger partial charge < -0.3 is 14.6 Å². The molecule has 2 heterocycles. The number of aromatic nitrogens is 2. The van der Waals surface area contributed by atoms with Gasteiger partial charge in [-0.2, -0.15) is 0 Å². The second kappa shape index (κ2) is 11.1. The quantitative estimate of drug-likeness (QED) is 0.439. The molecule has 0 unspecified atom stereocenters. The van der Waals surface area contributed by atoms with E-state index in [0.717, 1.165) is 50.0 Å². The number of carbonyl (C=O) groups excluding carboxylic acids is 1. The molecular formula is C27H33N2O3-. The van der Waals surface area contributed by atoms with Crippen molar-refractivity contribution in [2.75, 3.05) is 6.61 Å². The zero-order chi connectivity index (χ0) is 23.0. The van der Waals surface area contributed by atoms with Gasteiger partial charge in [0, 0.05) is 28.9 Å². The molecule has 0 spiro atoms. The number of benzene rings is 1. The van der Waals surface area contributed by atoms with E-state index < -0.39 is 5.97 Å². The van der Waals surface area contributed by atoms with E-state index in [2.05, 4.69) is 54.7 Å². The SMILES string of the molecule is CCCCCCc1cc2c(cc1C#Cc1cnc(CC(=O)[O-])cn1)C(CC)(CC)CCO2. The monoisotopic (exact) mass is 433 g/mol. The molecule has 0 atom stereocenters. The molecule has 0 amide bonds. The Balaban J connectivity index is 1.95. The van der Waals surface area contributed by atoms with Gasteiger partial charge in [0.25, 0.3) is 0 Å². The number of unbranched alkanes of at least 4 members (excludes halogenated alkanes) is 3. The van der Waals surface area contributed by atoms with Crippen LogP contribution in [0.5, 0.6) is 5.75 Å². The van der Waals surface area contributed by atoms with Crippen molar-refractivity contribution in [1.82, 2.24) is 9.97 Å². The van der Waals surface area contributed by atoms with Gasteiger partial charge in [0.05, 0.1) is 24.7 Å². The van der Waals surface area contributed by atoms with Gasteiger partial charge in [0.2, 0.25) is 0 Å². The van der Waals surface area contributed by atoms with Gasteiger partial charge >= 0.3 is 0 Å². The maximum Gasteiger partial charge on any atom is 0.131 e. The Hall–Kier alpha value is -2.87. The van der Waals surface area contributed by atoms with E-state index in [1.807, 2.05) is 0 Å². The second-order valence-electron chi connectivity index (χ2n) is 8.59. The average molecular weight is 434 g/mol. The van der Waals surface area contributed by atoms with E-state index >= 15 is 0 Å². The summed E-state index contributed by atoms with van der Waals surface area (Å²) in [5, 5.41) is 10.7. The third-order valence-electron chi connectivity index (χ3n) is 6.62. The number of fused-ring (bicyclic) bond motifs is 1. The highest BCUT2D eigenvalue weighted by Crippen LogP contribution is 2.44. The fourth-order valence-electron chi connectivity index (χ4n) is 4.49. The van der Waals surface area contributed by atoms with Crippen LogP contribution in [0, 0.1) is 11.8 Å². The smallest absolute Gasteiger partial charge is 0.131 e.